The predicted octanol–water partition coefficient (Wildman–Crippen LogP) is 1.15. The first-order chi connectivity index (χ1) is 9.19. The Balaban J connectivity index is 2.39. The fourth-order valence-electron chi connectivity index (χ4n) is 2.34. The van der Waals surface area contributed by atoms with E-state index in [0.717, 1.165) is 5.56 Å². The summed E-state index contributed by atoms with van der Waals surface area (Å²) in [6, 6.07) is 8.96. The average molecular weight is 263 g/mol. The van der Waals surface area contributed by atoms with Crippen LogP contribution in [-0.2, 0) is 19.1 Å². The predicted molar refractivity (Wildman–Crippen MR) is 68.3 cm³/mol. The van der Waals surface area contributed by atoms with Crippen LogP contribution in [0.3, 0.4) is 0 Å². The number of ether oxygens (including phenoxy) is 2. The maximum Gasteiger partial charge on any atom is 0.337 e. The van der Waals surface area contributed by atoms with Gasteiger partial charge < -0.3 is 14.4 Å². The Kier molecular flexibility index (Phi) is 4.16. The van der Waals surface area contributed by atoms with E-state index in [-0.39, 0.29) is 12.5 Å². The molecule has 1 saturated heterocycles. The van der Waals surface area contributed by atoms with Crippen LogP contribution in [0.5, 0.6) is 0 Å². The van der Waals surface area contributed by atoms with Crippen LogP contribution < -0.4 is 0 Å². The highest BCUT2D eigenvalue weighted by Gasteiger charge is 2.41. The van der Waals surface area contributed by atoms with Gasteiger partial charge >= 0.3 is 5.97 Å². The van der Waals surface area contributed by atoms with E-state index in [2.05, 4.69) is 0 Å². The average Bonchev–Trinajstić information content (AvgIpc) is 2.47. The molecule has 0 saturated carbocycles. The number of esters is 1. The van der Waals surface area contributed by atoms with Crippen molar-refractivity contribution in [1.82, 2.24) is 4.90 Å². The largest absolute Gasteiger partial charge is 0.467 e. The molecule has 0 aromatic heterocycles. The van der Waals surface area contributed by atoms with Crippen molar-refractivity contribution < 1.29 is 19.1 Å². The summed E-state index contributed by atoms with van der Waals surface area (Å²) in [6.07, 6.45) is -0.773. The number of carbonyl (C=O) groups is 2. The molecule has 5 heteroatoms. The molecular formula is C14H17NO4. The van der Waals surface area contributed by atoms with Gasteiger partial charge in [0.25, 0.3) is 0 Å². The highest BCUT2D eigenvalue weighted by atomic mass is 16.6. The summed E-state index contributed by atoms with van der Waals surface area (Å²) in [7, 11) is 1.32. The fraction of sp³-hybridized carbons (Fsp3) is 0.429. The molecule has 1 aromatic carbocycles. The normalized spacial score (nSPS) is 23.3. The Hall–Kier alpha value is -1.88. The number of methoxy groups -OCH3 is 1. The van der Waals surface area contributed by atoms with E-state index < -0.39 is 18.1 Å². The number of hydrogen-bond acceptors (Lipinski definition) is 4. The van der Waals surface area contributed by atoms with Crippen molar-refractivity contribution in [3.63, 3.8) is 0 Å². The smallest absolute Gasteiger partial charge is 0.337 e. The number of carbonyl (C=O) groups excluding carboxylic acids is 2. The third kappa shape index (κ3) is 2.61. The molecule has 1 fully saturated rings. The lowest BCUT2D eigenvalue weighted by atomic mass is 9.98. The Bertz CT molecular complexity index is 460. The summed E-state index contributed by atoms with van der Waals surface area (Å²) >= 11 is 0. The van der Waals surface area contributed by atoms with E-state index in [0.29, 0.717) is 6.54 Å². The number of nitrogens with zero attached hydrogens (tertiary/aromatic N) is 1. The molecule has 0 aliphatic carbocycles. The molecule has 2 rings (SSSR count). The molecule has 1 amide bonds. The summed E-state index contributed by atoms with van der Waals surface area (Å²) in [5.41, 5.74) is 0.868. The summed E-state index contributed by atoms with van der Waals surface area (Å²) in [5, 5.41) is 0. The van der Waals surface area contributed by atoms with Gasteiger partial charge in [-0.25, -0.2) is 4.79 Å². The van der Waals surface area contributed by atoms with Crippen molar-refractivity contribution in [2.75, 3.05) is 20.3 Å². The molecule has 1 aromatic rings. The Labute approximate surface area is 112 Å². The minimum absolute atomic E-state index is 0.0864. The number of benzene rings is 1. The second-order valence-electron chi connectivity index (χ2n) is 4.29. The second-order valence-corrected chi connectivity index (χ2v) is 4.29. The Morgan fingerprint density at radius 3 is 2.68 bits per heavy atom. The van der Waals surface area contributed by atoms with Crippen LogP contribution in [0.1, 0.15) is 18.5 Å². The van der Waals surface area contributed by atoms with Crippen LogP contribution in [-0.4, -0.2) is 43.1 Å². The lowest BCUT2D eigenvalue weighted by Crippen LogP contribution is -2.51. The van der Waals surface area contributed by atoms with Gasteiger partial charge in [0.1, 0.15) is 6.61 Å². The molecular weight excluding hydrogens is 246 g/mol. The molecule has 0 radical (unpaired) electrons. The van der Waals surface area contributed by atoms with Gasteiger partial charge in [-0.3, -0.25) is 4.79 Å². The van der Waals surface area contributed by atoms with Crippen LogP contribution in [0.2, 0.25) is 0 Å². The number of rotatable bonds is 3. The number of morpholine rings is 1. The minimum Gasteiger partial charge on any atom is -0.467 e. The van der Waals surface area contributed by atoms with Gasteiger partial charge in [0.2, 0.25) is 5.91 Å². The van der Waals surface area contributed by atoms with Crippen LogP contribution in [0.4, 0.5) is 0 Å². The molecule has 0 unspecified atom stereocenters. The van der Waals surface area contributed by atoms with E-state index in [1.54, 1.807) is 4.90 Å². The van der Waals surface area contributed by atoms with Crippen molar-refractivity contribution in [3.8, 4) is 0 Å². The van der Waals surface area contributed by atoms with Crippen molar-refractivity contribution in [2.45, 2.75) is 19.1 Å². The number of hydrogen-bond donors (Lipinski definition) is 0. The fourth-order valence-corrected chi connectivity index (χ4v) is 2.34. The molecule has 2 atom stereocenters. The lowest BCUT2D eigenvalue weighted by Gasteiger charge is -2.39. The van der Waals surface area contributed by atoms with E-state index in [1.165, 1.54) is 7.11 Å². The van der Waals surface area contributed by atoms with E-state index in [4.69, 9.17) is 9.47 Å². The van der Waals surface area contributed by atoms with Crippen molar-refractivity contribution >= 4 is 11.9 Å². The highest BCUT2D eigenvalue weighted by molar-refractivity contribution is 5.83. The molecule has 0 N–H and O–H groups in total. The van der Waals surface area contributed by atoms with Gasteiger partial charge in [0.05, 0.1) is 13.2 Å². The van der Waals surface area contributed by atoms with Gasteiger partial charge in [0, 0.05) is 6.54 Å². The third-order valence-electron chi connectivity index (χ3n) is 3.24. The van der Waals surface area contributed by atoms with Gasteiger partial charge in [-0.05, 0) is 12.5 Å². The zero-order valence-electron chi connectivity index (χ0n) is 11.0. The summed E-state index contributed by atoms with van der Waals surface area (Å²) < 4.78 is 10.1. The highest BCUT2D eigenvalue weighted by Crippen LogP contribution is 2.30. The number of likely N-dealkylation sites (N-methyl/N-ethyl adjacent to an activating group) is 1. The Morgan fingerprint density at radius 1 is 1.42 bits per heavy atom. The summed E-state index contributed by atoms with van der Waals surface area (Å²) in [5.74, 6) is -0.573. The molecule has 5 nitrogen and oxygen atoms in total. The van der Waals surface area contributed by atoms with Gasteiger partial charge in [-0.15, -0.1) is 0 Å². The van der Waals surface area contributed by atoms with Gasteiger partial charge in [-0.1, -0.05) is 30.3 Å². The van der Waals surface area contributed by atoms with Crippen molar-refractivity contribution in [3.05, 3.63) is 35.9 Å². The molecule has 19 heavy (non-hydrogen) atoms. The maximum atomic E-state index is 11.9. The van der Waals surface area contributed by atoms with Crippen LogP contribution >= 0.6 is 0 Å². The van der Waals surface area contributed by atoms with Crippen LogP contribution in [0.15, 0.2) is 30.3 Å². The third-order valence-corrected chi connectivity index (χ3v) is 3.24. The quantitative estimate of drug-likeness (QED) is 0.768. The Morgan fingerprint density at radius 2 is 2.11 bits per heavy atom. The molecule has 0 bridgehead atoms. The first-order valence-corrected chi connectivity index (χ1v) is 6.23. The molecule has 1 aliphatic heterocycles. The summed E-state index contributed by atoms with van der Waals surface area (Å²) in [4.78, 5) is 25.4. The molecule has 1 aliphatic rings. The summed E-state index contributed by atoms with van der Waals surface area (Å²) in [6.45, 7) is 2.32. The number of amides is 1. The first kappa shape index (κ1) is 13.5. The topological polar surface area (TPSA) is 55.8 Å². The van der Waals surface area contributed by atoms with E-state index in [1.807, 2.05) is 37.3 Å². The first-order valence-electron chi connectivity index (χ1n) is 6.23. The standard InChI is InChI=1S/C14H17NO4/c1-3-15-11(16)9-19-13(14(17)18-2)12(15)10-7-5-4-6-8-10/h4-8,12-13H,3,9H2,1-2H3/t12-,13-/m0/s1. The maximum absolute atomic E-state index is 11.9. The lowest BCUT2D eigenvalue weighted by molar-refractivity contribution is -0.175. The van der Waals surface area contributed by atoms with E-state index in [9.17, 15) is 9.59 Å². The zero-order valence-corrected chi connectivity index (χ0v) is 11.0. The van der Waals surface area contributed by atoms with Crippen LogP contribution in [0, 0.1) is 0 Å². The zero-order chi connectivity index (χ0) is 13.8. The molecule has 1 heterocycles. The molecule has 0 spiro atoms. The van der Waals surface area contributed by atoms with E-state index >= 15 is 0 Å². The van der Waals surface area contributed by atoms with Crippen LogP contribution in [0.25, 0.3) is 0 Å². The second kappa shape index (κ2) is 5.84. The van der Waals surface area contributed by atoms with Crippen molar-refractivity contribution in [1.29, 1.82) is 0 Å². The monoisotopic (exact) mass is 263 g/mol. The minimum atomic E-state index is -0.773. The SMILES string of the molecule is CCN1C(=O)CO[C@H](C(=O)OC)[C@@H]1c1ccccc1. The van der Waals surface area contributed by atoms with Gasteiger partial charge in [0.15, 0.2) is 6.10 Å². The van der Waals surface area contributed by atoms with Gasteiger partial charge in [-0.2, -0.15) is 0 Å². The van der Waals surface area contributed by atoms with Crippen molar-refractivity contribution in [2.24, 2.45) is 0 Å². The molecule has 102 valence electrons.